The summed E-state index contributed by atoms with van der Waals surface area (Å²) < 4.78 is 16.2. The number of fused-ring (bicyclic) bond motifs is 1. The van der Waals surface area contributed by atoms with Gasteiger partial charge in [0.15, 0.2) is 0 Å². The van der Waals surface area contributed by atoms with E-state index in [9.17, 15) is 9.59 Å². The SMILES string of the molecule is CC(C)(C)OC(=O)N1CCC2CN(C(=O)O[C@H]3CCOC3)C[C@H]2C1. The molecule has 0 spiro atoms. The molecule has 0 bridgehead atoms. The van der Waals surface area contributed by atoms with Gasteiger partial charge in [0.05, 0.1) is 13.2 Å². The quantitative estimate of drug-likeness (QED) is 0.731. The first-order chi connectivity index (χ1) is 11.3. The van der Waals surface area contributed by atoms with E-state index in [-0.39, 0.29) is 18.3 Å². The Morgan fingerprint density at radius 2 is 1.71 bits per heavy atom. The molecule has 0 N–H and O–H groups in total. The molecular weight excluding hydrogens is 312 g/mol. The van der Waals surface area contributed by atoms with Crippen LogP contribution in [0.4, 0.5) is 9.59 Å². The highest BCUT2D eigenvalue weighted by molar-refractivity contribution is 5.69. The number of carbonyl (C=O) groups excluding carboxylic acids is 2. The summed E-state index contributed by atoms with van der Waals surface area (Å²) in [4.78, 5) is 28.1. The Morgan fingerprint density at radius 1 is 1.00 bits per heavy atom. The first kappa shape index (κ1) is 17.3. The summed E-state index contributed by atoms with van der Waals surface area (Å²) in [6.45, 7) is 9.49. The number of hydrogen-bond donors (Lipinski definition) is 0. The topological polar surface area (TPSA) is 68.3 Å². The molecule has 0 aromatic rings. The molecule has 3 rings (SSSR count). The zero-order valence-electron chi connectivity index (χ0n) is 14.8. The van der Waals surface area contributed by atoms with Crippen LogP contribution in [0, 0.1) is 11.8 Å². The maximum atomic E-state index is 12.3. The highest BCUT2D eigenvalue weighted by atomic mass is 16.6. The molecule has 7 heteroatoms. The van der Waals surface area contributed by atoms with Crippen LogP contribution in [0.5, 0.6) is 0 Å². The maximum absolute atomic E-state index is 12.3. The highest BCUT2D eigenvalue weighted by Crippen LogP contribution is 2.32. The van der Waals surface area contributed by atoms with Crippen molar-refractivity contribution in [3.63, 3.8) is 0 Å². The summed E-state index contributed by atoms with van der Waals surface area (Å²) in [6.07, 6.45) is 1.06. The van der Waals surface area contributed by atoms with Gasteiger partial charge in [-0.05, 0) is 39.0 Å². The van der Waals surface area contributed by atoms with Crippen LogP contribution in [0.2, 0.25) is 0 Å². The Labute approximate surface area is 143 Å². The largest absolute Gasteiger partial charge is 0.444 e. The van der Waals surface area contributed by atoms with Crippen molar-refractivity contribution in [2.75, 3.05) is 39.4 Å². The number of piperidine rings is 1. The molecule has 0 aromatic heterocycles. The third-order valence-electron chi connectivity index (χ3n) is 4.87. The fraction of sp³-hybridized carbons (Fsp3) is 0.882. The van der Waals surface area contributed by atoms with E-state index in [1.165, 1.54) is 0 Å². The van der Waals surface area contributed by atoms with Crippen LogP contribution in [0.25, 0.3) is 0 Å². The van der Waals surface area contributed by atoms with E-state index < -0.39 is 5.60 Å². The van der Waals surface area contributed by atoms with Crippen molar-refractivity contribution < 1.29 is 23.8 Å². The second-order valence-corrected chi connectivity index (χ2v) is 8.01. The van der Waals surface area contributed by atoms with Crippen molar-refractivity contribution in [1.29, 1.82) is 0 Å². The number of likely N-dealkylation sites (tertiary alicyclic amines) is 2. The highest BCUT2D eigenvalue weighted by Gasteiger charge is 2.41. The van der Waals surface area contributed by atoms with E-state index in [0.29, 0.717) is 44.7 Å². The number of hydrogen-bond acceptors (Lipinski definition) is 5. The minimum Gasteiger partial charge on any atom is -0.444 e. The summed E-state index contributed by atoms with van der Waals surface area (Å²) in [5.74, 6) is 0.745. The fourth-order valence-corrected chi connectivity index (χ4v) is 3.63. The van der Waals surface area contributed by atoms with Crippen LogP contribution in [-0.2, 0) is 14.2 Å². The van der Waals surface area contributed by atoms with E-state index in [0.717, 1.165) is 19.4 Å². The van der Waals surface area contributed by atoms with Gasteiger partial charge in [0.25, 0.3) is 0 Å². The van der Waals surface area contributed by atoms with Gasteiger partial charge in [-0.1, -0.05) is 0 Å². The molecule has 2 amide bonds. The second kappa shape index (κ2) is 6.78. The van der Waals surface area contributed by atoms with Gasteiger partial charge in [-0.15, -0.1) is 0 Å². The molecule has 136 valence electrons. The van der Waals surface area contributed by atoms with Gasteiger partial charge in [0, 0.05) is 32.6 Å². The third kappa shape index (κ3) is 4.12. The molecule has 0 aromatic carbocycles. The van der Waals surface area contributed by atoms with Crippen LogP contribution in [0.15, 0.2) is 0 Å². The third-order valence-corrected chi connectivity index (χ3v) is 4.87. The molecule has 3 atom stereocenters. The first-order valence-corrected chi connectivity index (χ1v) is 8.83. The smallest absolute Gasteiger partial charge is 0.410 e. The summed E-state index contributed by atoms with van der Waals surface area (Å²) in [6, 6.07) is 0. The standard InChI is InChI=1S/C17H28N2O5/c1-17(2,3)24-16(21)18-6-4-12-8-19(10-13(12)9-18)15(20)23-14-5-7-22-11-14/h12-14H,4-11H2,1-3H3/t12?,13-,14+/m1/s1. The molecule has 3 heterocycles. The molecule has 1 unspecified atom stereocenters. The summed E-state index contributed by atoms with van der Waals surface area (Å²) in [7, 11) is 0. The fourth-order valence-electron chi connectivity index (χ4n) is 3.63. The zero-order valence-corrected chi connectivity index (χ0v) is 14.8. The van der Waals surface area contributed by atoms with Crippen LogP contribution in [-0.4, -0.2) is 73.1 Å². The van der Waals surface area contributed by atoms with Gasteiger partial charge in [0.1, 0.15) is 11.7 Å². The Kier molecular flexibility index (Phi) is 4.90. The molecule has 3 aliphatic rings. The van der Waals surface area contributed by atoms with Crippen LogP contribution >= 0.6 is 0 Å². The van der Waals surface area contributed by atoms with Crippen molar-refractivity contribution in [3.05, 3.63) is 0 Å². The Hall–Kier alpha value is -1.50. The summed E-state index contributed by atoms with van der Waals surface area (Å²) in [5.41, 5.74) is -0.483. The van der Waals surface area contributed by atoms with E-state index in [1.54, 1.807) is 9.80 Å². The van der Waals surface area contributed by atoms with Gasteiger partial charge >= 0.3 is 12.2 Å². The van der Waals surface area contributed by atoms with E-state index in [2.05, 4.69) is 0 Å². The van der Waals surface area contributed by atoms with Gasteiger partial charge in [-0.25, -0.2) is 9.59 Å². The lowest BCUT2D eigenvalue weighted by Crippen LogP contribution is -2.45. The van der Waals surface area contributed by atoms with Crippen LogP contribution in [0.1, 0.15) is 33.6 Å². The minimum absolute atomic E-state index is 0.113. The lowest BCUT2D eigenvalue weighted by molar-refractivity contribution is 0.0139. The monoisotopic (exact) mass is 340 g/mol. The Morgan fingerprint density at radius 3 is 2.38 bits per heavy atom. The molecule has 3 saturated heterocycles. The van der Waals surface area contributed by atoms with E-state index in [4.69, 9.17) is 14.2 Å². The van der Waals surface area contributed by atoms with Crippen LogP contribution in [0.3, 0.4) is 0 Å². The van der Waals surface area contributed by atoms with Gasteiger partial charge in [-0.3, -0.25) is 0 Å². The second-order valence-electron chi connectivity index (χ2n) is 8.01. The Balaban J connectivity index is 1.50. The lowest BCUT2D eigenvalue weighted by atomic mass is 9.89. The molecule has 3 aliphatic heterocycles. The number of rotatable bonds is 1. The zero-order chi connectivity index (χ0) is 17.3. The van der Waals surface area contributed by atoms with Crippen molar-refractivity contribution in [2.24, 2.45) is 11.8 Å². The van der Waals surface area contributed by atoms with Gasteiger partial charge in [-0.2, -0.15) is 0 Å². The summed E-state index contributed by atoms with van der Waals surface area (Å²) in [5, 5.41) is 0. The number of amides is 2. The van der Waals surface area contributed by atoms with E-state index in [1.807, 2.05) is 20.8 Å². The number of nitrogens with zero attached hydrogens (tertiary/aromatic N) is 2. The van der Waals surface area contributed by atoms with Gasteiger partial charge in [0.2, 0.25) is 0 Å². The Bertz CT molecular complexity index is 484. The average molecular weight is 340 g/mol. The average Bonchev–Trinajstić information content (AvgIpc) is 3.13. The van der Waals surface area contributed by atoms with E-state index >= 15 is 0 Å². The molecule has 0 radical (unpaired) electrons. The van der Waals surface area contributed by atoms with Crippen molar-refractivity contribution in [2.45, 2.75) is 45.3 Å². The van der Waals surface area contributed by atoms with Crippen molar-refractivity contribution in [3.8, 4) is 0 Å². The maximum Gasteiger partial charge on any atom is 0.410 e. The van der Waals surface area contributed by atoms with Crippen molar-refractivity contribution in [1.82, 2.24) is 9.80 Å². The first-order valence-electron chi connectivity index (χ1n) is 8.83. The molecule has 7 nitrogen and oxygen atoms in total. The predicted octanol–water partition coefficient (Wildman–Crippen LogP) is 2.10. The molecule has 0 saturated carbocycles. The van der Waals surface area contributed by atoms with Crippen molar-refractivity contribution >= 4 is 12.2 Å². The lowest BCUT2D eigenvalue weighted by Gasteiger charge is -2.35. The minimum atomic E-state index is -0.483. The molecule has 0 aliphatic carbocycles. The predicted molar refractivity (Wildman–Crippen MR) is 86.7 cm³/mol. The molecule has 3 fully saturated rings. The molecule has 24 heavy (non-hydrogen) atoms. The normalized spacial score (nSPS) is 30.2. The number of ether oxygens (including phenoxy) is 3. The number of carbonyl (C=O) groups is 2. The summed E-state index contributed by atoms with van der Waals surface area (Å²) >= 11 is 0. The molecular formula is C17H28N2O5. The van der Waals surface area contributed by atoms with Crippen LogP contribution < -0.4 is 0 Å². The van der Waals surface area contributed by atoms with Gasteiger partial charge < -0.3 is 24.0 Å².